The second kappa shape index (κ2) is 5.80. The Balaban J connectivity index is 2.45. The molecule has 0 fully saturated rings. The van der Waals surface area contributed by atoms with Crippen molar-refractivity contribution in [3.05, 3.63) is 62.7 Å². The second-order valence-corrected chi connectivity index (χ2v) is 4.69. The van der Waals surface area contributed by atoms with Gasteiger partial charge in [0.2, 0.25) is 0 Å². The van der Waals surface area contributed by atoms with Crippen LogP contribution in [-0.2, 0) is 0 Å². The summed E-state index contributed by atoms with van der Waals surface area (Å²) < 4.78 is 5.43. The highest BCUT2D eigenvalue weighted by atomic mass is 35.5. The predicted molar refractivity (Wildman–Crippen MR) is 76.3 cm³/mol. The topological polar surface area (TPSA) is 89.7 Å². The molecule has 7 heteroatoms. The van der Waals surface area contributed by atoms with Gasteiger partial charge < -0.3 is 9.84 Å². The molecule has 108 valence electrons. The first kappa shape index (κ1) is 14.8. The third-order valence-electron chi connectivity index (χ3n) is 2.71. The molecule has 0 amide bonds. The molecule has 0 aromatic heterocycles. The maximum Gasteiger partial charge on any atom is 0.339 e. The van der Waals surface area contributed by atoms with Crippen molar-refractivity contribution < 1.29 is 19.6 Å². The van der Waals surface area contributed by atoms with E-state index in [1.165, 1.54) is 24.3 Å². The number of hydrogen-bond acceptors (Lipinski definition) is 4. The molecule has 0 aliphatic rings. The fourth-order valence-electron chi connectivity index (χ4n) is 1.70. The van der Waals surface area contributed by atoms with Gasteiger partial charge in [-0.25, -0.2) is 4.79 Å². The van der Waals surface area contributed by atoms with E-state index in [0.717, 1.165) is 11.6 Å². The Labute approximate surface area is 124 Å². The first-order chi connectivity index (χ1) is 9.88. The highest BCUT2D eigenvalue weighted by molar-refractivity contribution is 6.32. The number of non-ortho nitro benzene ring substituents is 1. The Kier molecular flexibility index (Phi) is 4.09. The number of carboxylic acid groups (broad SMARTS) is 1. The van der Waals surface area contributed by atoms with Crippen LogP contribution in [-0.4, -0.2) is 16.0 Å². The smallest absolute Gasteiger partial charge is 0.339 e. The van der Waals surface area contributed by atoms with Crippen molar-refractivity contribution in [2.24, 2.45) is 0 Å². The molecule has 1 N–H and O–H groups in total. The largest absolute Gasteiger partial charge is 0.478 e. The van der Waals surface area contributed by atoms with Gasteiger partial charge in [0.1, 0.15) is 11.3 Å². The van der Waals surface area contributed by atoms with Crippen LogP contribution in [0, 0.1) is 17.0 Å². The number of nitro benzene ring substituents is 1. The first-order valence-electron chi connectivity index (χ1n) is 5.84. The van der Waals surface area contributed by atoms with Gasteiger partial charge in [-0.2, -0.15) is 0 Å². The SMILES string of the molecule is Cc1ccc(Oc2cc([N+](=O)[O-])ccc2Cl)c(C(=O)O)c1. The fraction of sp³-hybridized carbons (Fsp3) is 0.0714. The lowest BCUT2D eigenvalue weighted by atomic mass is 10.1. The molecule has 0 spiro atoms. The van der Waals surface area contributed by atoms with Crippen molar-refractivity contribution >= 4 is 23.3 Å². The third-order valence-corrected chi connectivity index (χ3v) is 3.02. The number of halogens is 1. The maximum atomic E-state index is 11.2. The van der Waals surface area contributed by atoms with Crippen molar-refractivity contribution in [2.75, 3.05) is 0 Å². The molecule has 0 aliphatic carbocycles. The van der Waals surface area contributed by atoms with Gasteiger partial charge in [0.15, 0.2) is 5.75 Å². The minimum absolute atomic E-state index is 0.0252. The molecule has 6 nitrogen and oxygen atoms in total. The predicted octanol–water partition coefficient (Wildman–Crippen LogP) is 4.05. The third kappa shape index (κ3) is 3.29. The van der Waals surface area contributed by atoms with Gasteiger partial charge >= 0.3 is 5.97 Å². The summed E-state index contributed by atoms with van der Waals surface area (Å²) in [4.78, 5) is 21.4. The summed E-state index contributed by atoms with van der Waals surface area (Å²) in [5, 5.41) is 20.1. The summed E-state index contributed by atoms with van der Waals surface area (Å²) in [5.41, 5.74) is 0.515. The van der Waals surface area contributed by atoms with Crippen LogP contribution in [0.5, 0.6) is 11.5 Å². The molecule has 0 unspecified atom stereocenters. The van der Waals surface area contributed by atoms with Crippen LogP contribution in [0.3, 0.4) is 0 Å². The van der Waals surface area contributed by atoms with E-state index in [1.54, 1.807) is 13.0 Å². The van der Waals surface area contributed by atoms with Gasteiger partial charge in [0, 0.05) is 6.07 Å². The van der Waals surface area contributed by atoms with Crippen LogP contribution in [0.4, 0.5) is 5.69 Å². The summed E-state index contributed by atoms with van der Waals surface area (Å²) in [5.74, 6) is -1.07. The Bertz CT molecular complexity index is 729. The molecule has 0 bridgehead atoms. The highest BCUT2D eigenvalue weighted by Crippen LogP contribution is 2.34. The van der Waals surface area contributed by atoms with Gasteiger partial charge in [-0.1, -0.05) is 23.2 Å². The molecule has 0 heterocycles. The van der Waals surface area contributed by atoms with Crippen LogP contribution in [0.25, 0.3) is 0 Å². The molecular formula is C14H10ClNO5. The van der Waals surface area contributed by atoms with Crippen molar-refractivity contribution in [3.8, 4) is 11.5 Å². The van der Waals surface area contributed by atoms with Crippen molar-refractivity contribution in [3.63, 3.8) is 0 Å². The number of hydrogen-bond donors (Lipinski definition) is 1. The lowest BCUT2D eigenvalue weighted by Gasteiger charge is -2.10. The standard InChI is InChI=1S/C14H10ClNO5/c1-8-2-5-12(10(6-8)14(17)18)21-13-7-9(16(19)20)3-4-11(13)15/h2-7H,1H3,(H,17,18). The molecule has 0 radical (unpaired) electrons. The van der Waals surface area contributed by atoms with Gasteiger partial charge in [-0.05, 0) is 25.1 Å². The lowest BCUT2D eigenvalue weighted by Crippen LogP contribution is -2.01. The number of carboxylic acids is 1. The van der Waals surface area contributed by atoms with Crippen LogP contribution in [0.1, 0.15) is 15.9 Å². The zero-order chi connectivity index (χ0) is 15.6. The Hall–Kier alpha value is -2.60. The zero-order valence-electron chi connectivity index (χ0n) is 10.9. The molecule has 2 aromatic carbocycles. The van der Waals surface area contributed by atoms with E-state index < -0.39 is 10.9 Å². The molecule has 0 aliphatic heterocycles. The summed E-state index contributed by atoms with van der Waals surface area (Å²) in [6.45, 7) is 1.75. The minimum atomic E-state index is -1.16. The van der Waals surface area contributed by atoms with E-state index in [2.05, 4.69) is 0 Å². The van der Waals surface area contributed by atoms with Crippen LogP contribution >= 0.6 is 11.6 Å². The number of aromatic carboxylic acids is 1. The van der Waals surface area contributed by atoms with Gasteiger partial charge in [-0.3, -0.25) is 10.1 Å². The van der Waals surface area contributed by atoms with Gasteiger partial charge in [0.25, 0.3) is 5.69 Å². The van der Waals surface area contributed by atoms with E-state index in [4.69, 9.17) is 21.4 Å². The van der Waals surface area contributed by atoms with E-state index in [0.29, 0.717) is 0 Å². The van der Waals surface area contributed by atoms with Crippen molar-refractivity contribution in [1.29, 1.82) is 0 Å². The van der Waals surface area contributed by atoms with E-state index in [-0.39, 0.29) is 27.8 Å². The summed E-state index contributed by atoms with van der Waals surface area (Å²) in [6, 6.07) is 8.31. The van der Waals surface area contributed by atoms with Crippen LogP contribution < -0.4 is 4.74 Å². The molecular weight excluding hydrogens is 298 g/mol. The van der Waals surface area contributed by atoms with E-state index >= 15 is 0 Å². The molecule has 2 rings (SSSR count). The van der Waals surface area contributed by atoms with Gasteiger partial charge in [0.05, 0.1) is 16.0 Å². The number of aryl methyl sites for hydroxylation is 1. The Morgan fingerprint density at radius 3 is 2.57 bits per heavy atom. The second-order valence-electron chi connectivity index (χ2n) is 4.28. The normalized spacial score (nSPS) is 10.2. The summed E-state index contributed by atoms with van der Waals surface area (Å²) >= 11 is 5.92. The monoisotopic (exact) mass is 307 g/mol. The Morgan fingerprint density at radius 2 is 1.95 bits per heavy atom. The molecule has 0 atom stereocenters. The van der Waals surface area contributed by atoms with Crippen molar-refractivity contribution in [2.45, 2.75) is 6.92 Å². The Morgan fingerprint density at radius 1 is 1.24 bits per heavy atom. The van der Waals surface area contributed by atoms with Crippen molar-refractivity contribution in [1.82, 2.24) is 0 Å². The van der Waals surface area contributed by atoms with Crippen LogP contribution in [0.15, 0.2) is 36.4 Å². The van der Waals surface area contributed by atoms with E-state index in [9.17, 15) is 14.9 Å². The van der Waals surface area contributed by atoms with E-state index in [1.807, 2.05) is 0 Å². The quantitative estimate of drug-likeness (QED) is 0.680. The molecule has 0 saturated heterocycles. The number of benzene rings is 2. The fourth-order valence-corrected chi connectivity index (χ4v) is 1.86. The summed E-state index contributed by atoms with van der Waals surface area (Å²) in [7, 11) is 0. The average Bonchev–Trinajstić information content (AvgIpc) is 2.42. The zero-order valence-corrected chi connectivity index (χ0v) is 11.6. The molecule has 0 saturated carbocycles. The minimum Gasteiger partial charge on any atom is -0.478 e. The summed E-state index contributed by atoms with van der Waals surface area (Å²) in [6.07, 6.45) is 0. The molecule has 2 aromatic rings. The maximum absolute atomic E-state index is 11.2. The first-order valence-corrected chi connectivity index (χ1v) is 6.22. The number of carbonyl (C=O) groups is 1. The lowest BCUT2D eigenvalue weighted by molar-refractivity contribution is -0.384. The number of nitro groups is 1. The number of nitrogens with zero attached hydrogens (tertiary/aromatic N) is 1. The number of rotatable bonds is 4. The van der Waals surface area contributed by atoms with Crippen LogP contribution in [0.2, 0.25) is 5.02 Å². The average molecular weight is 308 g/mol. The number of ether oxygens (including phenoxy) is 1. The highest BCUT2D eigenvalue weighted by Gasteiger charge is 2.16. The molecule has 21 heavy (non-hydrogen) atoms. The van der Waals surface area contributed by atoms with Gasteiger partial charge in [-0.15, -0.1) is 0 Å².